The minimum atomic E-state index is -0.676. The Morgan fingerprint density at radius 3 is 2.78 bits per heavy atom. The topological polar surface area (TPSA) is 85.4 Å². The van der Waals surface area contributed by atoms with Gasteiger partial charge in [0.25, 0.3) is 5.91 Å². The number of phenols is 1. The monoisotopic (exact) mass is 326 g/mol. The van der Waals surface area contributed by atoms with Crippen molar-refractivity contribution in [2.45, 2.75) is 0 Å². The Balaban J connectivity index is 2.03. The zero-order valence-electron chi connectivity index (χ0n) is 12.3. The minimum Gasteiger partial charge on any atom is -0.507 e. The van der Waals surface area contributed by atoms with Crippen LogP contribution in [0.3, 0.4) is 0 Å². The van der Waals surface area contributed by atoms with E-state index in [-0.39, 0.29) is 11.3 Å². The molecule has 0 atom stereocenters. The summed E-state index contributed by atoms with van der Waals surface area (Å²) in [6, 6.07) is 12.3. The Labute approximate surface area is 137 Å². The second kappa shape index (κ2) is 6.10. The molecule has 23 heavy (non-hydrogen) atoms. The van der Waals surface area contributed by atoms with Crippen LogP contribution >= 0.6 is 11.3 Å². The summed E-state index contributed by atoms with van der Waals surface area (Å²) in [5.74, 6) is -0.0668. The third-order valence-corrected chi connectivity index (χ3v) is 4.27. The number of hydrogen-bond donors (Lipinski definition) is 2. The van der Waals surface area contributed by atoms with Crippen molar-refractivity contribution in [2.75, 3.05) is 7.11 Å². The average Bonchev–Trinajstić information content (AvgIpc) is 3.04. The Bertz CT molecular complexity index is 874. The van der Waals surface area contributed by atoms with Crippen LogP contribution < -0.4 is 10.5 Å². The molecule has 6 heteroatoms. The molecule has 3 aromatic rings. The first-order chi connectivity index (χ1) is 11.1. The first-order valence-electron chi connectivity index (χ1n) is 6.82. The number of ether oxygens (including phenoxy) is 1. The van der Waals surface area contributed by atoms with Crippen LogP contribution in [0.2, 0.25) is 0 Å². The quantitative estimate of drug-likeness (QED) is 0.770. The molecule has 0 aliphatic heterocycles. The highest BCUT2D eigenvalue weighted by Crippen LogP contribution is 2.35. The number of thiazole rings is 1. The largest absolute Gasteiger partial charge is 0.507 e. The molecule has 2 aromatic carbocycles. The second-order valence-electron chi connectivity index (χ2n) is 4.83. The minimum absolute atomic E-state index is 0.0781. The van der Waals surface area contributed by atoms with E-state index < -0.39 is 5.91 Å². The van der Waals surface area contributed by atoms with Crippen LogP contribution in [0.4, 0.5) is 0 Å². The molecule has 0 spiro atoms. The summed E-state index contributed by atoms with van der Waals surface area (Å²) < 4.78 is 5.35. The highest BCUT2D eigenvalue weighted by molar-refractivity contribution is 7.13. The maximum absolute atomic E-state index is 11.3. The van der Waals surface area contributed by atoms with E-state index in [1.807, 2.05) is 29.6 Å². The van der Waals surface area contributed by atoms with Gasteiger partial charge >= 0.3 is 0 Å². The molecule has 0 aliphatic carbocycles. The smallest absolute Gasteiger partial charge is 0.252 e. The summed E-state index contributed by atoms with van der Waals surface area (Å²) in [4.78, 5) is 15.9. The number of methoxy groups -OCH3 is 1. The van der Waals surface area contributed by atoms with E-state index in [0.29, 0.717) is 11.3 Å². The van der Waals surface area contributed by atoms with Gasteiger partial charge in [-0.15, -0.1) is 11.3 Å². The molecule has 0 saturated heterocycles. The molecule has 0 radical (unpaired) electrons. The van der Waals surface area contributed by atoms with Gasteiger partial charge in [-0.05, 0) is 30.3 Å². The first-order valence-corrected chi connectivity index (χ1v) is 7.70. The molecule has 0 unspecified atom stereocenters. The Hall–Kier alpha value is -2.86. The highest BCUT2D eigenvalue weighted by Gasteiger charge is 2.13. The van der Waals surface area contributed by atoms with Crippen LogP contribution in [0.15, 0.2) is 47.8 Å². The molecule has 0 aliphatic rings. The van der Waals surface area contributed by atoms with Gasteiger partial charge in [-0.25, -0.2) is 4.98 Å². The van der Waals surface area contributed by atoms with Crippen molar-refractivity contribution in [1.82, 2.24) is 4.98 Å². The molecule has 0 fully saturated rings. The lowest BCUT2D eigenvalue weighted by molar-refractivity contribution is 0.0998. The van der Waals surface area contributed by atoms with E-state index >= 15 is 0 Å². The SMILES string of the molecule is COc1ccccc1-c1nc(-c2ccc(O)c(C(N)=O)c2)cs1. The zero-order valence-corrected chi connectivity index (χ0v) is 13.1. The number of amides is 1. The number of primary amides is 1. The number of rotatable bonds is 4. The van der Waals surface area contributed by atoms with Gasteiger partial charge < -0.3 is 15.6 Å². The van der Waals surface area contributed by atoms with Gasteiger partial charge in [0, 0.05) is 10.9 Å². The van der Waals surface area contributed by atoms with E-state index in [2.05, 4.69) is 4.98 Å². The highest BCUT2D eigenvalue weighted by atomic mass is 32.1. The Morgan fingerprint density at radius 2 is 2.04 bits per heavy atom. The lowest BCUT2D eigenvalue weighted by Crippen LogP contribution is -2.11. The van der Waals surface area contributed by atoms with Crippen molar-refractivity contribution >= 4 is 17.2 Å². The molecular weight excluding hydrogens is 312 g/mol. The van der Waals surface area contributed by atoms with Crippen molar-refractivity contribution in [3.8, 4) is 33.3 Å². The van der Waals surface area contributed by atoms with Crippen LogP contribution in [-0.2, 0) is 0 Å². The van der Waals surface area contributed by atoms with Crippen molar-refractivity contribution in [2.24, 2.45) is 5.73 Å². The maximum atomic E-state index is 11.3. The van der Waals surface area contributed by atoms with Gasteiger partial charge in [-0.3, -0.25) is 4.79 Å². The fourth-order valence-electron chi connectivity index (χ4n) is 2.24. The van der Waals surface area contributed by atoms with Crippen molar-refractivity contribution in [3.05, 3.63) is 53.4 Å². The molecule has 0 bridgehead atoms. The molecule has 1 aromatic heterocycles. The maximum Gasteiger partial charge on any atom is 0.252 e. The Kier molecular flexibility index (Phi) is 3.99. The van der Waals surface area contributed by atoms with E-state index in [1.54, 1.807) is 19.2 Å². The number of hydrogen-bond acceptors (Lipinski definition) is 5. The van der Waals surface area contributed by atoms with Gasteiger partial charge in [0.2, 0.25) is 0 Å². The van der Waals surface area contributed by atoms with Crippen molar-refractivity contribution in [1.29, 1.82) is 0 Å². The molecule has 1 amide bonds. The lowest BCUT2D eigenvalue weighted by atomic mass is 10.1. The fraction of sp³-hybridized carbons (Fsp3) is 0.0588. The number of aromatic nitrogens is 1. The van der Waals surface area contributed by atoms with Gasteiger partial charge in [0.15, 0.2) is 0 Å². The number of carbonyl (C=O) groups excluding carboxylic acids is 1. The number of carbonyl (C=O) groups is 1. The summed E-state index contributed by atoms with van der Waals surface area (Å²) in [6.07, 6.45) is 0. The average molecular weight is 326 g/mol. The molecule has 5 nitrogen and oxygen atoms in total. The number of aromatic hydroxyl groups is 1. The number of para-hydroxylation sites is 1. The zero-order chi connectivity index (χ0) is 16.4. The molecule has 3 rings (SSSR count). The summed E-state index contributed by atoms with van der Waals surface area (Å²) in [5, 5.41) is 12.4. The standard InChI is InChI=1S/C17H14N2O3S/c1-22-15-5-3-2-4-11(15)17-19-13(9-23-17)10-6-7-14(20)12(8-10)16(18)21/h2-9,20H,1H3,(H2,18,21). The fourth-order valence-corrected chi connectivity index (χ4v) is 3.10. The first kappa shape index (κ1) is 15.1. The van der Waals surface area contributed by atoms with Crippen LogP contribution in [0.25, 0.3) is 21.8 Å². The van der Waals surface area contributed by atoms with Crippen LogP contribution in [0.1, 0.15) is 10.4 Å². The van der Waals surface area contributed by atoms with Gasteiger partial charge in [0.1, 0.15) is 16.5 Å². The summed E-state index contributed by atoms with van der Waals surface area (Å²) >= 11 is 1.48. The third kappa shape index (κ3) is 2.89. The van der Waals surface area contributed by atoms with Crippen LogP contribution in [-0.4, -0.2) is 23.1 Å². The van der Waals surface area contributed by atoms with E-state index in [9.17, 15) is 9.90 Å². The summed E-state index contributed by atoms with van der Waals surface area (Å²) in [7, 11) is 1.62. The molecule has 1 heterocycles. The molecule has 116 valence electrons. The number of nitrogens with zero attached hydrogens (tertiary/aromatic N) is 1. The lowest BCUT2D eigenvalue weighted by Gasteiger charge is -2.05. The van der Waals surface area contributed by atoms with Crippen LogP contribution in [0, 0.1) is 0 Å². The predicted molar refractivity (Wildman–Crippen MR) is 89.7 cm³/mol. The van der Waals surface area contributed by atoms with Crippen molar-refractivity contribution < 1.29 is 14.6 Å². The normalized spacial score (nSPS) is 10.5. The summed E-state index contributed by atoms with van der Waals surface area (Å²) in [5.41, 5.74) is 7.67. The number of benzene rings is 2. The summed E-state index contributed by atoms with van der Waals surface area (Å²) in [6.45, 7) is 0. The molecule has 0 saturated carbocycles. The predicted octanol–water partition coefficient (Wildman–Crippen LogP) is 3.29. The van der Waals surface area contributed by atoms with E-state index in [1.165, 1.54) is 17.4 Å². The van der Waals surface area contributed by atoms with E-state index in [4.69, 9.17) is 10.5 Å². The van der Waals surface area contributed by atoms with Gasteiger partial charge in [0.05, 0.1) is 23.9 Å². The van der Waals surface area contributed by atoms with Gasteiger partial charge in [-0.1, -0.05) is 12.1 Å². The molecule has 3 N–H and O–H groups in total. The number of nitrogens with two attached hydrogens (primary N) is 1. The van der Waals surface area contributed by atoms with Crippen LogP contribution in [0.5, 0.6) is 11.5 Å². The Morgan fingerprint density at radius 1 is 1.26 bits per heavy atom. The third-order valence-electron chi connectivity index (χ3n) is 3.40. The molecular formula is C17H14N2O3S. The second-order valence-corrected chi connectivity index (χ2v) is 5.69. The van der Waals surface area contributed by atoms with Crippen molar-refractivity contribution in [3.63, 3.8) is 0 Å². The van der Waals surface area contributed by atoms with E-state index in [0.717, 1.165) is 16.3 Å². The van der Waals surface area contributed by atoms with Gasteiger partial charge in [-0.2, -0.15) is 0 Å².